The van der Waals surface area contributed by atoms with Gasteiger partial charge in [0.1, 0.15) is 5.82 Å². The van der Waals surface area contributed by atoms with Gasteiger partial charge in [-0.2, -0.15) is 0 Å². The normalized spacial score (nSPS) is 18.8. The van der Waals surface area contributed by atoms with Gasteiger partial charge in [0.05, 0.1) is 13.7 Å². The second kappa shape index (κ2) is 6.47. The quantitative estimate of drug-likeness (QED) is 0.848. The predicted octanol–water partition coefficient (Wildman–Crippen LogP) is 1.44. The van der Waals surface area contributed by atoms with E-state index in [2.05, 4.69) is 10.1 Å². The van der Waals surface area contributed by atoms with Crippen molar-refractivity contribution in [1.29, 1.82) is 0 Å². The average molecular weight is 280 g/mol. The number of carbonyl (C=O) groups is 2. The number of Topliss-reactive ketones (excluding diaryl/α,β-unsaturated/α-hetero) is 1. The van der Waals surface area contributed by atoms with Gasteiger partial charge in [-0.25, -0.2) is 9.18 Å². The number of carbonyl (C=O) groups excluding carboxylic acids is 2. The Labute approximate surface area is 116 Å². The zero-order valence-electron chi connectivity index (χ0n) is 11.3. The number of alkyl carbamates (subject to hydrolysis) is 1. The van der Waals surface area contributed by atoms with E-state index in [1.54, 1.807) is 0 Å². The van der Waals surface area contributed by atoms with Crippen LogP contribution in [-0.4, -0.2) is 49.6 Å². The third-order valence-corrected chi connectivity index (χ3v) is 3.31. The number of benzene rings is 1. The van der Waals surface area contributed by atoms with E-state index in [1.165, 1.54) is 31.4 Å². The summed E-state index contributed by atoms with van der Waals surface area (Å²) in [4.78, 5) is 25.1. The van der Waals surface area contributed by atoms with E-state index in [-0.39, 0.29) is 24.2 Å². The van der Waals surface area contributed by atoms with E-state index in [4.69, 9.17) is 0 Å². The minimum Gasteiger partial charge on any atom is -0.453 e. The first-order valence-electron chi connectivity index (χ1n) is 6.44. The van der Waals surface area contributed by atoms with Crippen LogP contribution in [0.4, 0.5) is 9.18 Å². The molecule has 1 aliphatic rings. The molecule has 0 saturated carbocycles. The molecule has 1 fully saturated rings. The van der Waals surface area contributed by atoms with Crippen LogP contribution in [0.3, 0.4) is 0 Å². The van der Waals surface area contributed by atoms with Crippen molar-refractivity contribution in [2.45, 2.75) is 12.5 Å². The van der Waals surface area contributed by atoms with E-state index < -0.39 is 6.09 Å². The molecule has 1 aromatic carbocycles. The summed E-state index contributed by atoms with van der Waals surface area (Å²) >= 11 is 0. The highest BCUT2D eigenvalue weighted by Gasteiger charge is 2.25. The Morgan fingerprint density at radius 2 is 2.10 bits per heavy atom. The molecule has 0 aliphatic carbocycles. The Morgan fingerprint density at radius 3 is 2.75 bits per heavy atom. The van der Waals surface area contributed by atoms with Crippen LogP contribution >= 0.6 is 0 Å². The van der Waals surface area contributed by atoms with Gasteiger partial charge in [-0.3, -0.25) is 9.69 Å². The molecule has 0 aromatic heterocycles. The lowest BCUT2D eigenvalue weighted by molar-refractivity contribution is 0.0944. The van der Waals surface area contributed by atoms with Crippen LogP contribution < -0.4 is 5.32 Å². The smallest absolute Gasteiger partial charge is 0.407 e. The van der Waals surface area contributed by atoms with Gasteiger partial charge in [0.2, 0.25) is 0 Å². The third kappa shape index (κ3) is 3.77. The van der Waals surface area contributed by atoms with Crippen molar-refractivity contribution in [3.63, 3.8) is 0 Å². The first-order chi connectivity index (χ1) is 9.58. The van der Waals surface area contributed by atoms with Gasteiger partial charge in [-0.05, 0) is 30.7 Å². The lowest BCUT2D eigenvalue weighted by Crippen LogP contribution is -2.37. The average Bonchev–Trinajstić information content (AvgIpc) is 2.86. The molecule has 20 heavy (non-hydrogen) atoms. The molecule has 1 N–H and O–H groups in total. The van der Waals surface area contributed by atoms with Crippen LogP contribution in [0.1, 0.15) is 16.8 Å². The zero-order chi connectivity index (χ0) is 14.5. The lowest BCUT2D eigenvalue weighted by atomic mass is 10.1. The number of likely N-dealkylation sites (tertiary alicyclic amines) is 1. The second-order valence-electron chi connectivity index (χ2n) is 4.79. The molecular formula is C14H17FN2O3. The first kappa shape index (κ1) is 14.5. The Morgan fingerprint density at radius 1 is 1.40 bits per heavy atom. The Kier molecular flexibility index (Phi) is 4.68. The molecule has 1 heterocycles. The first-order valence-corrected chi connectivity index (χ1v) is 6.44. The van der Waals surface area contributed by atoms with Gasteiger partial charge in [-0.15, -0.1) is 0 Å². The monoisotopic (exact) mass is 280 g/mol. The van der Waals surface area contributed by atoms with Crippen LogP contribution in [0.25, 0.3) is 0 Å². The number of hydrogen-bond donors (Lipinski definition) is 1. The summed E-state index contributed by atoms with van der Waals surface area (Å²) in [6.45, 7) is 1.62. The maximum atomic E-state index is 12.8. The van der Waals surface area contributed by atoms with Crippen LogP contribution in [-0.2, 0) is 4.74 Å². The SMILES string of the molecule is COC(=O)NC1CCN(CC(=O)c2ccc(F)cc2)C1. The molecular weight excluding hydrogens is 263 g/mol. The molecule has 1 aromatic rings. The molecule has 0 bridgehead atoms. The Balaban J connectivity index is 1.84. The lowest BCUT2D eigenvalue weighted by Gasteiger charge is -2.15. The van der Waals surface area contributed by atoms with E-state index in [0.29, 0.717) is 12.1 Å². The number of halogens is 1. The van der Waals surface area contributed by atoms with Crippen LogP contribution in [0.2, 0.25) is 0 Å². The molecule has 1 aliphatic heterocycles. The van der Waals surface area contributed by atoms with Crippen molar-refractivity contribution in [3.05, 3.63) is 35.6 Å². The second-order valence-corrected chi connectivity index (χ2v) is 4.79. The van der Waals surface area contributed by atoms with Crippen LogP contribution in [0.15, 0.2) is 24.3 Å². The van der Waals surface area contributed by atoms with Crippen molar-refractivity contribution >= 4 is 11.9 Å². The predicted molar refractivity (Wildman–Crippen MR) is 71.1 cm³/mol. The van der Waals surface area contributed by atoms with Gasteiger partial charge < -0.3 is 10.1 Å². The molecule has 1 atom stereocenters. The highest BCUT2D eigenvalue weighted by atomic mass is 19.1. The highest BCUT2D eigenvalue weighted by molar-refractivity contribution is 5.97. The molecule has 0 radical (unpaired) electrons. The minimum atomic E-state index is -0.457. The molecule has 0 spiro atoms. The Hall–Kier alpha value is -1.95. The molecule has 6 heteroatoms. The third-order valence-electron chi connectivity index (χ3n) is 3.31. The molecule has 1 amide bonds. The molecule has 2 rings (SSSR count). The fourth-order valence-electron chi connectivity index (χ4n) is 2.25. The summed E-state index contributed by atoms with van der Waals surface area (Å²) in [5.74, 6) is -0.409. The minimum absolute atomic E-state index is 0.00321. The number of methoxy groups -OCH3 is 1. The molecule has 5 nitrogen and oxygen atoms in total. The topological polar surface area (TPSA) is 58.6 Å². The number of rotatable bonds is 4. The highest BCUT2D eigenvalue weighted by Crippen LogP contribution is 2.11. The summed E-state index contributed by atoms with van der Waals surface area (Å²) in [6, 6.07) is 5.52. The van der Waals surface area contributed by atoms with Crippen molar-refractivity contribution in [3.8, 4) is 0 Å². The zero-order valence-corrected chi connectivity index (χ0v) is 11.3. The van der Waals surface area contributed by atoms with Gasteiger partial charge in [-0.1, -0.05) is 0 Å². The summed E-state index contributed by atoms with van der Waals surface area (Å²) < 4.78 is 17.3. The van der Waals surface area contributed by atoms with Gasteiger partial charge in [0.25, 0.3) is 0 Å². The number of ketones is 1. The Bertz CT molecular complexity index is 490. The van der Waals surface area contributed by atoms with E-state index >= 15 is 0 Å². The van der Waals surface area contributed by atoms with Crippen LogP contribution in [0, 0.1) is 5.82 Å². The fraction of sp³-hybridized carbons (Fsp3) is 0.429. The van der Waals surface area contributed by atoms with Crippen molar-refractivity contribution in [1.82, 2.24) is 10.2 Å². The number of hydrogen-bond acceptors (Lipinski definition) is 4. The van der Waals surface area contributed by atoms with Gasteiger partial charge in [0, 0.05) is 24.7 Å². The van der Waals surface area contributed by atoms with Crippen molar-refractivity contribution < 1.29 is 18.7 Å². The van der Waals surface area contributed by atoms with E-state index in [0.717, 1.165) is 13.0 Å². The maximum Gasteiger partial charge on any atom is 0.407 e. The fourth-order valence-corrected chi connectivity index (χ4v) is 2.25. The number of nitrogens with one attached hydrogen (secondary N) is 1. The van der Waals surface area contributed by atoms with Crippen molar-refractivity contribution in [2.24, 2.45) is 0 Å². The molecule has 108 valence electrons. The summed E-state index contributed by atoms with van der Waals surface area (Å²) in [6.07, 6.45) is 0.327. The van der Waals surface area contributed by atoms with Gasteiger partial charge in [0.15, 0.2) is 5.78 Å². The molecule has 1 saturated heterocycles. The standard InChI is InChI=1S/C14H17FN2O3/c1-20-14(19)16-12-6-7-17(8-12)9-13(18)10-2-4-11(15)5-3-10/h2-5,12H,6-9H2,1H3,(H,16,19). The number of nitrogens with zero attached hydrogens (tertiary/aromatic N) is 1. The van der Waals surface area contributed by atoms with Gasteiger partial charge >= 0.3 is 6.09 Å². The number of ether oxygens (including phenoxy) is 1. The summed E-state index contributed by atoms with van der Waals surface area (Å²) in [5, 5.41) is 2.72. The number of amides is 1. The molecule has 1 unspecified atom stereocenters. The van der Waals surface area contributed by atoms with Crippen LogP contribution in [0.5, 0.6) is 0 Å². The maximum absolute atomic E-state index is 12.8. The largest absolute Gasteiger partial charge is 0.453 e. The van der Waals surface area contributed by atoms with E-state index in [9.17, 15) is 14.0 Å². The van der Waals surface area contributed by atoms with E-state index in [1.807, 2.05) is 4.90 Å². The van der Waals surface area contributed by atoms with Crippen molar-refractivity contribution in [2.75, 3.05) is 26.7 Å². The summed E-state index contributed by atoms with van der Waals surface area (Å²) in [7, 11) is 1.32. The summed E-state index contributed by atoms with van der Waals surface area (Å²) in [5.41, 5.74) is 0.496.